The molecule has 4 atom stereocenters. The number of rotatable bonds is 16. The van der Waals surface area contributed by atoms with Gasteiger partial charge in [0.05, 0.1) is 30.5 Å². The Hall–Kier alpha value is -6.98. The zero-order chi connectivity index (χ0) is 47.5. The van der Waals surface area contributed by atoms with Crippen molar-refractivity contribution in [3.63, 3.8) is 0 Å². The highest BCUT2D eigenvalue weighted by atomic mass is 16.5. The summed E-state index contributed by atoms with van der Waals surface area (Å²) in [5.41, 5.74) is 21.9. The van der Waals surface area contributed by atoms with Crippen LogP contribution in [0.25, 0.3) is 22.5 Å². The topological polar surface area (TPSA) is 292 Å². The number of likely N-dealkylation sites (N-methyl/N-ethyl adjacent to an activating group) is 1. The molecule has 1 aromatic heterocycles. The smallest absolute Gasteiger partial charge is 0.255 e. The molecule has 3 heterocycles. The fraction of sp³-hybridized carbons (Fsp3) is 0.404. The fourth-order valence-corrected chi connectivity index (χ4v) is 7.79. The maximum absolute atomic E-state index is 14.7. The van der Waals surface area contributed by atoms with E-state index in [0.717, 1.165) is 11.1 Å². The van der Waals surface area contributed by atoms with Crippen LogP contribution >= 0.6 is 0 Å². The van der Waals surface area contributed by atoms with Crippen LogP contribution in [0.2, 0.25) is 0 Å². The van der Waals surface area contributed by atoms with Gasteiger partial charge in [-0.05, 0) is 67.8 Å². The summed E-state index contributed by atoms with van der Waals surface area (Å²) >= 11 is 0. The van der Waals surface area contributed by atoms with Crippen molar-refractivity contribution in [2.24, 2.45) is 17.2 Å². The molecule has 10 N–H and O–H groups in total. The molecule has 0 spiro atoms. The Labute approximate surface area is 383 Å². The molecule has 19 nitrogen and oxygen atoms in total. The molecule has 0 radical (unpaired) electrons. The van der Waals surface area contributed by atoms with E-state index in [9.17, 15) is 24.0 Å². The van der Waals surface area contributed by atoms with Crippen LogP contribution in [0.1, 0.15) is 59.1 Å². The Balaban J connectivity index is 1.36. The fourth-order valence-electron chi connectivity index (χ4n) is 7.79. The average molecular weight is 904 g/mol. The lowest BCUT2D eigenvalue weighted by Crippen LogP contribution is -2.56. The van der Waals surface area contributed by atoms with Crippen molar-refractivity contribution in [2.45, 2.75) is 63.2 Å². The first-order chi connectivity index (χ1) is 31.7. The van der Waals surface area contributed by atoms with Gasteiger partial charge >= 0.3 is 0 Å². The zero-order valence-corrected chi connectivity index (χ0v) is 37.5. The third-order valence-corrected chi connectivity index (χ3v) is 11.5. The first kappa shape index (κ1) is 48.5. The highest BCUT2D eigenvalue weighted by Crippen LogP contribution is 2.40. The number of nitrogens with zero attached hydrogens (tertiary/aromatic N) is 4. The Bertz CT molecular complexity index is 2470. The SMILES string of the molecule is Cc1nc(-c2ccc(C3(C)COC3)cc2)ncc1C(=O)NC(CCN)C(=O)N(C)C1C(=O)NC(C)C(=O)NC(C(=O)NCC#N)Cc2ccc(OCCN)c(c2)-c2cc1ccc2OCCN. The summed E-state index contributed by atoms with van der Waals surface area (Å²) in [7, 11) is 1.41. The quantitative estimate of drug-likeness (QED) is 0.0770. The number of aryl methyl sites for hydroxylation is 1. The summed E-state index contributed by atoms with van der Waals surface area (Å²) in [6.45, 7) is 6.90. The van der Waals surface area contributed by atoms with Gasteiger partial charge in [0, 0.05) is 54.9 Å². The lowest BCUT2D eigenvalue weighted by Gasteiger charge is -2.38. The highest BCUT2D eigenvalue weighted by molar-refractivity contribution is 6.00. The second kappa shape index (κ2) is 21.8. The number of carbonyl (C=O) groups is 5. The monoisotopic (exact) mass is 903 g/mol. The van der Waals surface area contributed by atoms with Crippen LogP contribution in [-0.2, 0) is 35.8 Å². The van der Waals surface area contributed by atoms with Crippen LogP contribution in [-0.4, -0.2) is 122 Å². The van der Waals surface area contributed by atoms with E-state index in [1.165, 1.54) is 25.1 Å². The molecule has 6 rings (SSSR count). The molecule has 4 aromatic rings. The Kier molecular flexibility index (Phi) is 16.0. The first-order valence-electron chi connectivity index (χ1n) is 21.7. The lowest BCUT2D eigenvalue weighted by atomic mass is 9.80. The predicted molar refractivity (Wildman–Crippen MR) is 244 cm³/mol. The molecule has 2 aliphatic heterocycles. The Morgan fingerprint density at radius 3 is 2.23 bits per heavy atom. The van der Waals surface area contributed by atoms with Crippen molar-refractivity contribution >= 4 is 29.5 Å². The van der Waals surface area contributed by atoms with Crippen molar-refractivity contribution < 1.29 is 38.2 Å². The predicted octanol–water partition coefficient (Wildman–Crippen LogP) is 0.914. The number of amides is 5. The lowest BCUT2D eigenvalue weighted by molar-refractivity contribution is -0.141. The van der Waals surface area contributed by atoms with Gasteiger partial charge in [-0.25, -0.2) is 9.97 Å². The number of nitriles is 1. The molecule has 0 aliphatic carbocycles. The number of benzene rings is 3. The largest absolute Gasteiger partial charge is 0.492 e. The van der Waals surface area contributed by atoms with E-state index in [1.54, 1.807) is 43.3 Å². The van der Waals surface area contributed by atoms with Gasteiger partial charge in [-0.1, -0.05) is 43.3 Å². The molecule has 1 saturated heterocycles. The van der Waals surface area contributed by atoms with Gasteiger partial charge < -0.3 is 57.6 Å². The normalized spacial score (nSPS) is 18.2. The van der Waals surface area contributed by atoms with Gasteiger partial charge in [-0.15, -0.1) is 0 Å². The number of ether oxygens (including phenoxy) is 3. The number of carbonyl (C=O) groups excluding carboxylic acids is 5. The molecule has 2 aliphatic rings. The van der Waals surface area contributed by atoms with Crippen LogP contribution in [0.4, 0.5) is 0 Å². The third-order valence-electron chi connectivity index (χ3n) is 11.5. The second-order valence-corrected chi connectivity index (χ2v) is 16.5. The molecular weight excluding hydrogens is 847 g/mol. The first-order valence-corrected chi connectivity index (χ1v) is 21.7. The van der Waals surface area contributed by atoms with Crippen molar-refractivity contribution in [3.05, 3.63) is 94.8 Å². The van der Waals surface area contributed by atoms with Crippen molar-refractivity contribution in [2.75, 3.05) is 59.7 Å². The van der Waals surface area contributed by atoms with Crippen LogP contribution in [0.15, 0.2) is 66.9 Å². The number of aromatic nitrogens is 2. The molecule has 4 unspecified atom stereocenters. The van der Waals surface area contributed by atoms with Gasteiger partial charge in [0.2, 0.25) is 23.6 Å². The summed E-state index contributed by atoms with van der Waals surface area (Å²) in [5, 5.41) is 19.9. The van der Waals surface area contributed by atoms with E-state index in [4.69, 9.17) is 36.7 Å². The van der Waals surface area contributed by atoms with Crippen molar-refractivity contribution in [3.8, 4) is 40.1 Å². The van der Waals surface area contributed by atoms with Crippen molar-refractivity contribution in [1.29, 1.82) is 5.26 Å². The number of fused-ring (bicyclic) bond motifs is 5. The zero-order valence-electron chi connectivity index (χ0n) is 37.5. The summed E-state index contributed by atoms with van der Waals surface area (Å²) in [4.78, 5) is 80.5. The molecule has 3 aromatic carbocycles. The van der Waals surface area contributed by atoms with E-state index in [2.05, 4.69) is 38.2 Å². The minimum absolute atomic E-state index is 0.000282. The van der Waals surface area contributed by atoms with E-state index in [0.29, 0.717) is 58.5 Å². The molecule has 19 heteroatoms. The standard InChI is InChI=1S/C47H57N11O8/c1-27-35(24-53-41(54-27)30-6-9-32(10-7-30)47(3)25-64-26-47)43(60)56-36(13-14-48)46(63)58(4)40-31-8-12-39(66-20-17-51)34(23-31)33-21-29(5-11-38(33)65-19-16-50)22-37(44(61)52-18-15-49)57-42(59)28(2)55-45(40)62/h5-12,21,23-24,28,36-37,40H,13-14,16-20,22,25-26,48,50-51H2,1-4H3,(H,52,61)(H,55,62)(H,56,60)(H,57,59). The molecule has 66 heavy (non-hydrogen) atoms. The van der Waals surface area contributed by atoms with Crippen LogP contribution in [0.5, 0.6) is 11.5 Å². The molecule has 1 fully saturated rings. The minimum atomic E-state index is -1.41. The number of nitrogens with two attached hydrogens (primary N) is 3. The van der Waals surface area contributed by atoms with Gasteiger partial charge in [0.15, 0.2) is 5.82 Å². The summed E-state index contributed by atoms with van der Waals surface area (Å²) in [5.74, 6) is -2.19. The maximum atomic E-state index is 14.7. The summed E-state index contributed by atoms with van der Waals surface area (Å²) < 4.78 is 17.6. The van der Waals surface area contributed by atoms with Gasteiger partial charge in [-0.2, -0.15) is 5.26 Å². The van der Waals surface area contributed by atoms with E-state index < -0.39 is 53.7 Å². The minimum Gasteiger partial charge on any atom is -0.492 e. The summed E-state index contributed by atoms with van der Waals surface area (Å²) in [6, 6.07) is 14.9. The van der Waals surface area contributed by atoms with Crippen LogP contribution in [0.3, 0.4) is 0 Å². The molecule has 0 saturated carbocycles. The number of hydrogen-bond donors (Lipinski definition) is 7. The average Bonchev–Trinajstić information content (AvgIpc) is 3.30. The Morgan fingerprint density at radius 1 is 0.955 bits per heavy atom. The van der Waals surface area contributed by atoms with Gasteiger partial charge in [0.1, 0.15) is 55.4 Å². The maximum Gasteiger partial charge on any atom is 0.255 e. The number of hydrogen-bond acceptors (Lipinski definition) is 14. The van der Waals surface area contributed by atoms with Gasteiger partial charge in [0.25, 0.3) is 5.91 Å². The Morgan fingerprint density at radius 2 is 1.62 bits per heavy atom. The molecule has 4 bridgehead atoms. The van der Waals surface area contributed by atoms with E-state index >= 15 is 0 Å². The molecule has 348 valence electrons. The van der Waals surface area contributed by atoms with Crippen molar-refractivity contribution in [1.82, 2.24) is 36.1 Å². The van der Waals surface area contributed by atoms with Crippen LogP contribution < -0.4 is 47.9 Å². The molecule has 5 amide bonds. The van der Waals surface area contributed by atoms with Gasteiger partial charge in [-0.3, -0.25) is 24.0 Å². The second-order valence-electron chi connectivity index (χ2n) is 16.5. The van der Waals surface area contributed by atoms with E-state index in [-0.39, 0.29) is 63.2 Å². The number of nitrogens with one attached hydrogen (secondary N) is 4. The highest BCUT2D eigenvalue weighted by Gasteiger charge is 2.37. The van der Waals surface area contributed by atoms with E-state index in [1.807, 2.05) is 30.3 Å². The summed E-state index contributed by atoms with van der Waals surface area (Å²) in [6.07, 6.45) is 1.40. The third kappa shape index (κ3) is 11.1. The molecular formula is C47H57N11O8. The van der Waals surface area contributed by atoms with Crippen LogP contribution in [0, 0.1) is 18.3 Å².